The van der Waals surface area contributed by atoms with Gasteiger partial charge >= 0.3 is 0 Å². The van der Waals surface area contributed by atoms with E-state index in [1.165, 1.54) is 31.2 Å². The summed E-state index contributed by atoms with van der Waals surface area (Å²) in [5.41, 5.74) is 0.485. The molecule has 5 heteroatoms. The van der Waals surface area contributed by atoms with E-state index in [9.17, 15) is 18.0 Å². The van der Waals surface area contributed by atoms with Crippen LogP contribution in [0, 0.1) is 0 Å². The second-order valence-corrected chi connectivity index (χ2v) is 7.11. The van der Waals surface area contributed by atoms with Crippen molar-refractivity contribution in [1.29, 1.82) is 0 Å². The van der Waals surface area contributed by atoms with E-state index >= 15 is 0 Å². The molecule has 0 amide bonds. The summed E-state index contributed by atoms with van der Waals surface area (Å²) in [6, 6.07) is 5.93. The van der Waals surface area contributed by atoms with Crippen LogP contribution in [0.5, 0.6) is 0 Å². The monoisotopic (exact) mass is 280 g/mol. The molecule has 1 aliphatic carbocycles. The van der Waals surface area contributed by atoms with Gasteiger partial charge in [-0.15, -0.1) is 0 Å². The molecule has 0 bridgehead atoms. The van der Waals surface area contributed by atoms with Gasteiger partial charge in [-0.05, 0) is 31.9 Å². The number of benzene rings is 1. The van der Waals surface area contributed by atoms with E-state index < -0.39 is 15.1 Å². The highest BCUT2D eigenvalue weighted by Crippen LogP contribution is 2.27. The van der Waals surface area contributed by atoms with Crippen molar-refractivity contribution >= 4 is 21.4 Å². The van der Waals surface area contributed by atoms with Crippen molar-refractivity contribution in [3.05, 3.63) is 29.8 Å². The van der Waals surface area contributed by atoms with Gasteiger partial charge in [-0.25, -0.2) is 8.42 Å². The Morgan fingerprint density at radius 3 is 2.37 bits per heavy atom. The smallest absolute Gasteiger partial charge is 0.181 e. The molecule has 1 aromatic rings. The number of Topliss-reactive ketones (excluding diaryl/α,β-unsaturated/α-hetero) is 2. The second-order valence-electron chi connectivity index (χ2n) is 4.88. The fourth-order valence-corrected chi connectivity index (χ4v) is 4.10. The van der Waals surface area contributed by atoms with E-state index in [0.717, 1.165) is 0 Å². The molecular formula is C14H16O4S. The second kappa shape index (κ2) is 5.25. The molecule has 0 N–H and O–H groups in total. The van der Waals surface area contributed by atoms with E-state index in [4.69, 9.17) is 0 Å². The number of rotatable bonds is 3. The molecule has 1 aromatic carbocycles. The first-order valence-electron chi connectivity index (χ1n) is 6.28. The normalized spacial score (nSPS) is 20.3. The molecule has 0 radical (unpaired) electrons. The Hall–Kier alpha value is -1.49. The molecule has 19 heavy (non-hydrogen) atoms. The molecule has 1 aliphatic rings. The summed E-state index contributed by atoms with van der Waals surface area (Å²) in [4.78, 5) is 22.7. The lowest BCUT2D eigenvalue weighted by Crippen LogP contribution is -2.28. The van der Waals surface area contributed by atoms with Gasteiger partial charge in [0, 0.05) is 18.4 Å². The quantitative estimate of drug-likeness (QED) is 0.796. The van der Waals surface area contributed by atoms with Crippen LogP contribution in [0.3, 0.4) is 0 Å². The lowest BCUT2D eigenvalue weighted by Gasteiger charge is -2.21. The summed E-state index contributed by atoms with van der Waals surface area (Å²) in [6.07, 6.45) is 1.75. The zero-order chi connectivity index (χ0) is 14.0. The predicted octanol–water partition coefficient (Wildman–Crippen LogP) is 2.17. The summed E-state index contributed by atoms with van der Waals surface area (Å²) in [5, 5.41) is -0.614. The third-order valence-electron chi connectivity index (χ3n) is 3.47. The number of ketones is 2. The molecule has 0 saturated heterocycles. The van der Waals surface area contributed by atoms with Crippen molar-refractivity contribution in [3.8, 4) is 0 Å². The van der Waals surface area contributed by atoms with Gasteiger partial charge < -0.3 is 0 Å². The van der Waals surface area contributed by atoms with Crippen LogP contribution in [0.15, 0.2) is 29.2 Å². The molecule has 0 aliphatic heterocycles. The van der Waals surface area contributed by atoms with Crippen molar-refractivity contribution < 1.29 is 18.0 Å². The lowest BCUT2D eigenvalue weighted by atomic mass is 9.99. The van der Waals surface area contributed by atoms with Gasteiger partial charge in [0.15, 0.2) is 15.6 Å². The van der Waals surface area contributed by atoms with E-state index in [-0.39, 0.29) is 22.9 Å². The first-order chi connectivity index (χ1) is 8.91. The topological polar surface area (TPSA) is 68.3 Å². The molecule has 1 unspecified atom stereocenters. The minimum Gasteiger partial charge on any atom is -0.300 e. The summed E-state index contributed by atoms with van der Waals surface area (Å²) in [5.74, 6) is -0.0861. The molecule has 1 saturated carbocycles. The molecule has 102 valence electrons. The Balaban J connectivity index is 2.28. The molecule has 0 heterocycles. The van der Waals surface area contributed by atoms with Gasteiger partial charge in [0.25, 0.3) is 0 Å². The van der Waals surface area contributed by atoms with Crippen LogP contribution in [0.2, 0.25) is 0 Å². The third-order valence-corrected chi connectivity index (χ3v) is 5.67. The van der Waals surface area contributed by atoms with E-state index in [1.807, 2.05) is 0 Å². The molecule has 4 nitrogen and oxygen atoms in total. The maximum atomic E-state index is 12.4. The molecule has 1 fully saturated rings. The first kappa shape index (κ1) is 13.9. The average Bonchev–Trinajstić information content (AvgIpc) is 2.39. The lowest BCUT2D eigenvalue weighted by molar-refractivity contribution is -0.120. The standard InChI is InChI=1S/C14H16O4S/c1-10(15)11-5-7-13(8-6-11)19(17,18)14-4-2-3-12(16)9-14/h5-8,14H,2-4,9H2,1H3. The highest BCUT2D eigenvalue weighted by Gasteiger charge is 2.32. The Labute approximate surface area is 112 Å². The van der Waals surface area contributed by atoms with Crippen LogP contribution >= 0.6 is 0 Å². The summed E-state index contributed by atoms with van der Waals surface area (Å²) >= 11 is 0. The summed E-state index contributed by atoms with van der Waals surface area (Å²) in [7, 11) is -3.47. The van der Waals surface area contributed by atoms with Crippen LogP contribution < -0.4 is 0 Å². The van der Waals surface area contributed by atoms with Crippen molar-refractivity contribution in [3.63, 3.8) is 0 Å². The highest BCUT2D eigenvalue weighted by molar-refractivity contribution is 7.92. The zero-order valence-electron chi connectivity index (χ0n) is 10.8. The Morgan fingerprint density at radius 1 is 1.21 bits per heavy atom. The summed E-state index contributed by atoms with van der Waals surface area (Å²) in [6.45, 7) is 1.43. The van der Waals surface area contributed by atoms with Crippen molar-refractivity contribution in [2.24, 2.45) is 0 Å². The highest BCUT2D eigenvalue weighted by atomic mass is 32.2. The molecule has 2 rings (SSSR count). The van der Waals surface area contributed by atoms with Crippen LogP contribution in [0.4, 0.5) is 0 Å². The van der Waals surface area contributed by atoms with E-state index in [2.05, 4.69) is 0 Å². The van der Waals surface area contributed by atoms with Gasteiger partial charge in [-0.3, -0.25) is 9.59 Å². The van der Waals surface area contributed by atoms with Crippen molar-refractivity contribution in [1.82, 2.24) is 0 Å². The first-order valence-corrected chi connectivity index (χ1v) is 7.82. The fourth-order valence-electron chi connectivity index (χ4n) is 2.32. The van der Waals surface area contributed by atoms with Gasteiger partial charge in [0.05, 0.1) is 10.1 Å². The Kier molecular flexibility index (Phi) is 3.85. The number of hydrogen-bond acceptors (Lipinski definition) is 4. The van der Waals surface area contributed by atoms with Crippen LogP contribution in [-0.4, -0.2) is 25.2 Å². The molecule has 1 atom stereocenters. The number of hydrogen-bond donors (Lipinski definition) is 0. The SMILES string of the molecule is CC(=O)c1ccc(S(=O)(=O)C2CCCC(=O)C2)cc1. The molecule has 0 spiro atoms. The average molecular weight is 280 g/mol. The summed E-state index contributed by atoms with van der Waals surface area (Å²) < 4.78 is 24.8. The number of carbonyl (C=O) groups is 2. The third kappa shape index (κ3) is 2.92. The van der Waals surface area contributed by atoms with Crippen molar-refractivity contribution in [2.75, 3.05) is 0 Å². The van der Waals surface area contributed by atoms with Crippen LogP contribution in [0.25, 0.3) is 0 Å². The molecular weight excluding hydrogens is 264 g/mol. The largest absolute Gasteiger partial charge is 0.300 e. The maximum Gasteiger partial charge on any atom is 0.181 e. The van der Waals surface area contributed by atoms with Crippen LogP contribution in [0.1, 0.15) is 43.0 Å². The molecule has 0 aromatic heterocycles. The van der Waals surface area contributed by atoms with Crippen molar-refractivity contribution in [2.45, 2.75) is 42.8 Å². The zero-order valence-corrected chi connectivity index (χ0v) is 11.6. The van der Waals surface area contributed by atoms with E-state index in [1.54, 1.807) is 0 Å². The van der Waals surface area contributed by atoms with Gasteiger partial charge in [0.2, 0.25) is 0 Å². The van der Waals surface area contributed by atoms with Gasteiger partial charge in [-0.2, -0.15) is 0 Å². The van der Waals surface area contributed by atoms with E-state index in [0.29, 0.717) is 24.8 Å². The predicted molar refractivity (Wildman–Crippen MR) is 70.9 cm³/mol. The van der Waals surface area contributed by atoms with Crippen LogP contribution in [-0.2, 0) is 14.6 Å². The number of carbonyl (C=O) groups excluding carboxylic acids is 2. The Bertz CT molecular complexity index is 599. The minimum atomic E-state index is -3.47. The van der Waals surface area contributed by atoms with Gasteiger partial charge in [0.1, 0.15) is 5.78 Å². The fraction of sp³-hybridized carbons (Fsp3) is 0.429. The Morgan fingerprint density at radius 2 is 1.84 bits per heavy atom. The number of sulfone groups is 1. The van der Waals surface area contributed by atoms with Gasteiger partial charge in [-0.1, -0.05) is 12.1 Å². The minimum absolute atomic E-state index is 0.0141. The maximum absolute atomic E-state index is 12.4.